The van der Waals surface area contributed by atoms with Gasteiger partial charge in [-0.2, -0.15) is 0 Å². The van der Waals surface area contributed by atoms with Gasteiger partial charge in [-0.05, 0) is 55.1 Å². The van der Waals surface area contributed by atoms with E-state index in [1.165, 1.54) is 26.4 Å². The molecule has 2 bridgehead atoms. The average Bonchev–Trinajstić information content (AvgIpc) is 2.88. The molecule has 2 aromatic rings. The van der Waals surface area contributed by atoms with Crippen LogP contribution in [0.15, 0.2) is 18.3 Å². The van der Waals surface area contributed by atoms with E-state index in [-0.39, 0.29) is 5.97 Å². The second-order valence-corrected chi connectivity index (χ2v) is 6.71. The Bertz CT molecular complexity index is 737. The van der Waals surface area contributed by atoms with Crippen LogP contribution in [0, 0.1) is 23.7 Å². The van der Waals surface area contributed by atoms with Gasteiger partial charge in [0.05, 0.1) is 12.7 Å². The maximum absolute atomic E-state index is 11.7. The number of methoxy groups -OCH3 is 1. The molecule has 4 atom stereocenters. The quantitative estimate of drug-likeness (QED) is 0.793. The van der Waals surface area contributed by atoms with Gasteiger partial charge in [0.2, 0.25) is 0 Å². The minimum Gasteiger partial charge on any atom is -0.465 e. The second kappa shape index (κ2) is 3.84. The number of fused-ring (bicyclic) bond motifs is 6. The molecule has 0 spiro atoms. The lowest BCUT2D eigenvalue weighted by molar-refractivity contribution is 0.0600. The molecule has 4 unspecified atom stereocenters. The smallest absolute Gasteiger partial charge is 0.339 e. The second-order valence-electron chi connectivity index (χ2n) is 6.71. The van der Waals surface area contributed by atoms with Gasteiger partial charge in [0.1, 0.15) is 5.82 Å². The van der Waals surface area contributed by atoms with Crippen molar-refractivity contribution in [3.8, 4) is 0 Å². The Hall–Kier alpha value is -1.91. The maximum Gasteiger partial charge on any atom is 0.339 e. The molecule has 0 N–H and O–H groups in total. The molecule has 0 amide bonds. The van der Waals surface area contributed by atoms with Gasteiger partial charge < -0.3 is 4.74 Å². The number of nitrogens with zero attached hydrogens (tertiary/aromatic N) is 3. The van der Waals surface area contributed by atoms with E-state index in [9.17, 15) is 4.79 Å². The minimum atomic E-state index is -0.312. The third-order valence-corrected chi connectivity index (χ3v) is 5.88. The van der Waals surface area contributed by atoms with Crippen molar-refractivity contribution >= 4 is 11.6 Å². The number of esters is 1. The fourth-order valence-electron chi connectivity index (χ4n) is 5.04. The molecule has 5 rings (SSSR count). The van der Waals surface area contributed by atoms with Crippen LogP contribution in [0.3, 0.4) is 0 Å². The highest BCUT2D eigenvalue weighted by molar-refractivity contribution is 5.89. The van der Waals surface area contributed by atoms with Crippen LogP contribution >= 0.6 is 0 Å². The Morgan fingerprint density at radius 3 is 2.71 bits per heavy atom. The molecule has 2 heterocycles. The van der Waals surface area contributed by atoms with E-state index in [0.717, 1.165) is 35.1 Å². The summed E-state index contributed by atoms with van der Waals surface area (Å²) in [6.45, 7) is 0. The highest BCUT2D eigenvalue weighted by Crippen LogP contribution is 2.72. The zero-order valence-electron chi connectivity index (χ0n) is 11.9. The molecule has 0 saturated heterocycles. The lowest BCUT2D eigenvalue weighted by Crippen LogP contribution is -2.05. The molecule has 5 nitrogen and oxygen atoms in total. The van der Waals surface area contributed by atoms with Gasteiger partial charge in [0, 0.05) is 12.1 Å². The van der Waals surface area contributed by atoms with Crippen molar-refractivity contribution in [1.82, 2.24) is 14.6 Å². The van der Waals surface area contributed by atoms with E-state index in [1.54, 1.807) is 6.07 Å². The molecule has 0 aromatic carbocycles. The van der Waals surface area contributed by atoms with Crippen molar-refractivity contribution < 1.29 is 9.53 Å². The SMILES string of the molecule is COC(=O)c1ccc2nnc(C3C4C5CCC(C5)C34)n2c1. The van der Waals surface area contributed by atoms with Crippen molar-refractivity contribution in [2.75, 3.05) is 7.11 Å². The van der Waals surface area contributed by atoms with Crippen LogP contribution in [0.2, 0.25) is 0 Å². The van der Waals surface area contributed by atoms with E-state index in [4.69, 9.17) is 4.74 Å². The zero-order valence-corrected chi connectivity index (χ0v) is 11.9. The maximum atomic E-state index is 11.7. The van der Waals surface area contributed by atoms with Crippen LogP contribution in [0.1, 0.15) is 41.4 Å². The molecule has 3 fully saturated rings. The predicted molar refractivity (Wildman–Crippen MR) is 74.9 cm³/mol. The largest absolute Gasteiger partial charge is 0.465 e. The van der Waals surface area contributed by atoms with Crippen molar-refractivity contribution in [3.05, 3.63) is 29.7 Å². The van der Waals surface area contributed by atoms with E-state index in [0.29, 0.717) is 11.5 Å². The first-order valence-electron chi connectivity index (χ1n) is 7.71. The number of carbonyl (C=O) groups is 1. The molecular weight excluding hydrogens is 266 g/mol. The number of aromatic nitrogens is 3. The molecule has 21 heavy (non-hydrogen) atoms. The van der Waals surface area contributed by atoms with Crippen LogP contribution in [-0.2, 0) is 4.74 Å². The molecule has 2 aromatic heterocycles. The van der Waals surface area contributed by atoms with Gasteiger partial charge >= 0.3 is 5.97 Å². The van der Waals surface area contributed by atoms with Gasteiger partial charge in [-0.25, -0.2) is 4.79 Å². The van der Waals surface area contributed by atoms with Crippen LogP contribution in [0.4, 0.5) is 0 Å². The Labute approximate surface area is 122 Å². The first-order valence-corrected chi connectivity index (χ1v) is 7.71. The normalized spacial score (nSPS) is 36.0. The third kappa shape index (κ3) is 1.44. The number of pyridine rings is 1. The fourth-order valence-corrected chi connectivity index (χ4v) is 5.04. The van der Waals surface area contributed by atoms with Crippen LogP contribution in [0.25, 0.3) is 5.65 Å². The highest BCUT2D eigenvalue weighted by Gasteiger charge is 2.66. The lowest BCUT2D eigenvalue weighted by Gasteiger charge is -2.07. The van der Waals surface area contributed by atoms with Crippen molar-refractivity contribution in [2.45, 2.75) is 25.2 Å². The topological polar surface area (TPSA) is 56.5 Å². The highest BCUT2D eigenvalue weighted by atomic mass is 16.5. The Morgan fingerprint density at radius 1 is 1.24 bits per heavy atom. The van der Waals surface area contributed by atoms with E-state index < -0.39 is 0 Å². The van der Waals surface area contributed by atoms with Crippen LogP contribution < -0.4 is 0 Å². The molecule has 108 valence electrons. The summed E-state index contributed by atoms with van der Waals surface area (Å²) in [5.41, 5.74) is 1.37. The molecule has 3 saturated carbocycles. The van der Waals surface area contributed by atoms with Crippen molar-refractivity contribution in [3.63, 3.8) is 0 Å². The average molecular weight is 283 g/mol. The monoisotopic (exact) mass is 283 g/mol. The summed E-state index contributed by atoms with van der Waals surface area (Å²) in [7, 11) is 1.41. The third-order valence-electron chi connectivity index (χ3n) is 5.88. The summed E-state index contributed by atoms with van der Waals surface area (Å²) in [6, 6.07) is 3.59. The van der Waals surface area contributed by atoms with E-state index >= 15 is 0 Å². The predicted octanol–water partition coefficient (Wildman–Crippen LogP) is 2.28. The van der Waals surface area contributed by atoms with Crippen molar-refractivity contribution in [1.29, 1.82) is 0 Å². The summed E-state index contributed by atoms with van der Waals surface area (Å²) in [6.07, 6.45) is 6.04. The molecule has 5 heteroatoms. The van der Waals surface area contributed by atoms with Crippen LogP contribution in [0.5, 0.6) is 0 Å². The van der Waals surface area contributed by atoms with Crippen LogP contribution in [-0.4, -0.2) is 27.7 Å². The Kier molecular flexibility index (Phi) is 2.14. The number of ether oxygens (including phenoxy) is 1. The number of carbonyl (C=O) groups excluding carboxylic acids is 1. The summed E-state index contributed by atoms with van der Waals surface area (Å²) < 4.78 is 6.80. The molecule has 3 aliphatic rings. The van der Waals surface area contributed by atoms with Gasteiger partial charge in [-0.3, -0.25) is 4.40 Å². The number of hydrogen-bond donors (Lipinski definition) is 0. The van der Waals surface area contributed by atoms with Gasteiger partial charge in [-0.15, -0.1) is 10.2 Å². The Balaban J connectivity index is 1.57. The summed E-state index contributed by atoms with van der Waals surface area (Å²) in [5.74, 6) is 4.73. The minimum absolute atomic E-state index is 0.312. The molecule has 0 radical (unpaired) electrons. The summed E-state index contributed by atoms with van der Waals surface area (Å²) >= 11 is 0. The molecule has 0 aliphatic heterocycles. The fraction of sp³-hybridized carbons (Fsp3) is 0.562. The Morgan fingerprint density at radius 2 is 2.00 bits per heavy atom. The number of hydrogen-bond acceptors (Lipinski definition) is 4. The number of rotatable bonds is 2. The first-order chi connectivity index (χ1) is 10.3. The zero-order chi connectivity index (χ0) is 14.1. The lowest BCUT2D eigenvalue weighted by atomic mass is 10.0. The van der Waals surface area contributed by atoms with Gasteiger partial charge in [-0.1, -0.05) is 0 Å². The summed E-state index contributed by atoms with van der Waals surface area (Å²) in [4.78, 5) is 11.7. The molecular formula is C16H17N3O2. The van der Waals surface area contributed by atoms with Gasteiger partial charge in [0.15, 0.2) is 5.65 Å². The standard InChI is InChI=1S/C16H17N3O2/c1-21-16(20)10-4-5-11-17-18-15(19(11)7-10)14-12-8-2-3-9(6-8)13(12)14/h4-5,7-9,12-14H,2-3,6H2,1H3. The molecule has 3 aliphatic carbocycles. The van der Waals surface area contributed by atoms with E-state index in [2.05, 4.69) is 10.2 Å². The van der Waals surface area contributed by atoms with E-state index in [1.807, 2.05) is 16.7 Å². The van der Waals surface area contributed by atoms with Crippen molar-refractivity contribution in [2.24, 2.45) is 23.7 Å². The summed E-state index contributed by atoms with van der Waals surface area (Å²) in [5, 5.41) is 8.69. The first kappa shape index (κ1) is 11.7. The van der Waals surface area contributed by atoms with Gasteiger partial charge in [0.25, 0.3) is 0 Å².